The van der Waals surface area contributed by atoms with E-state index in [-0.39, 0.29) is 5.91 Å². The molecule has 0 aliphatic carbocycles. The first-order valence-electron chi connectivity index (χ1n) is 7.38. The minimum atomic E-state index is -0.164. The minimum absolute atomic E-state index is 0.164. The average Bonchev–Trinajstić information content (AvgIpc) is 3.09. The highest BCUT2D eigenvalue weighted by Gasteiger charge is 2.07. The molecule has 2 rings (SSSR count). The smallest absolute Gasteiger partial charge is 0.240 e. The molecular weight excluding hydrogens is 314 g/mol. The maximum Gasteiger partial charge on any atom is 0.240 e. The molecule has 0 fully saturated rings. The molecule has 124 valence electrons. The van der Waals surface area contributed by atoms with Gasteiger partial charge in [-0.2, -0.15) is 10.2 Å². The normalized spacial score (nSPS) is 10.4. The van der Waals surface area contributed by atoms with Crippen LogP contribution in [0, 0.1) is 13.8 Å². The van der Waals surface area contributed by atoms with E-state index in [0.717, 1.165) is 23.6 Å². The summed E-state index contributed by atoms with van der Waals surface area (Å²) in [4.78, 5) is 11.8. The fourth-order valence-electron chi connectivity index (χ4n) is 2.03. The second kappa shape index (κ2) is 7.73. The van der Waals surface area contributed by atoms with Crippen molar-refractivity contribution in [1.29, 1.82) is 0 Å². The number of anilines is 1. The van der Waals surface area contributed by atoms with Gasteiger partial charge in [-0.3, -0.25) is 25.0 Å². The van der Waals surface area contributed by atoms with Gasteiger partial charge in [0.2, 0.25) is 5.91 Å². The van der Waals surface area contributed by atoms with Crippen LogP contribution in [0.2, 0.25) is 0 Å². The number of hydrazine groups is 1. The van der Waals surface area contributed by atoms with Crippen molar-refractivity contribution < 1.29 is 4.79 Å². The molecule has 8 nitrogen and oxygen atoms in total. The molecule has 0 atom stereocenters. The lowest BCUT2D eigenvalue weighted by Gasteiger charge is -2.11. The van der Waals surface area contributed by atoms with Gasteiger partial charge in [0, 0.05) is 25.7 Å². The second-order valence-electron chi connectivity index (χ2n) is 5.06. The Morgan fingerprint density at radius 1 is 1.35 bits per heavy atom. The summed E-state index contributed by atoms with van der Waals surface area (Å²) in [6.07, 6.45) is 3.86. The van der Waals surface area contributed by atoms with E-state index >= 15 is 0 Å². The van der Waals surface area contributed by atoms with Crippen molar-refractivity contribution in [3.8, 4) is 0 Å². The summed E-state index contributed by atoms with van der Waals surface area (Å²) < 4.78 is 3.59. The van der Waals surface area contributed by atoms with Crippen LogP contribution >= 0.6 is 12.2 Å². The third-order valence-corrected chi connectivity index (χ3v) is 3.51. The van der Waals surface area contributed by atoms with Gasteiger partial charge in [-0.25, -0.2) is 0 Å². The van der Waals surface area contributed by atoms with Crippen LogP contribution in [0.25, 0.3) is 0 Å². The Bertz CT molecular complexity index is 691. The van der Waals surface area contributed by atoms with Crippen LogP contribution in [0.1, 0.15) is 24.7 Å². The van der Waals surface area contributed by atoms with Crippen LogP contribution in [0.15, 0.2) is 18.5 Å². The molecule has 0 saturated heterocycles. The fourth-order valence-corrected chi connectivity index (χ4v) is 2.20. The van der Waals surface area contributed by atoms with Crippen molar-refractivity contribution in [3.63, 3.8) is 0 Å². The van der Waals surface area contributed by atoms with Crippen LogP contribution in [0.3, 0.4) is 0 Å². The highest BCUT2D eigenvalue weighted by atomic mass is 32.1. The SMILES string of the molecule is CCn1ncc(NC(=S)NNC(=O)CCn2ccc(C)n2)c1C. The highest BCUT2D eigenvalue weighted by molar-refractivity contribution is 7.80. The zero-order valence-electron chi connectivity index (χ0n) is 13.5. The zero-order valence-corrected chi connectivity index (χ0v) is 14.3. The summed E-state index contributed by atoms with van der Waals surface area (Å²) in [5, 5.41) is 11.8. The number of amides is 1. The molecule has 0 aliphatic heterocycles. The fraction of sp³-hybridized carbons (Fsp3) is 0.429. The maximum absolute atomic E-state index is 11.8. The van der Waals surface area contributed by atoms with Crippen LogP contribution in [0.5, 0.6) is 0 Å². The number of carbonyl (C=O) groups is 1. The van der Waals surface area contributed by atoms with E-state index in [9.17, 15) is 4.79 Å². The number of aromatic nitrogens is 4. The quantitative estimate of drug-likeness (QED) is 0.561. The Kier molecular flexibility index (Phi) is 5.69. The predicted octanol–water partition coefficient (Wildman–Crippen LogP) is 1.12. The van der Waals surface area contributed by atoms with Crippen LogP contribution in [0.4, 0.5) is 5.69 Å². The van der Waals surface area contributed by atoms with Gasteiger partial charge in [0.25, 0.3) is 0 Å². The van der Waals surface area contributed by atoms with Gasteiger partial charge in [0.1, 0.15) is 0 Å². The lowest BCUT2D eigenvalue weighted by Crippen LogP contribution is -2.44. The number of hydrogen-bond acceptors (Lipinski definition) is 4. The summed E-state index contributed by atoms with van der Waals surface area (Å²) in [6.45, 7) is 7.18. The molecule has 0 saturated carbocycles. The van der Waals surface area contributed by atoms with Crippen LogP contribution < -0.4 is 16.2 Å². The first kappa shape index (κ1) is 16.9. The first-order valence-corrected chi connectivity index (χ1v) is 7.78. The minimum Gasteiger partial charge on any atom is -0.329 e. The Morgan fingerprint density at radius 3 is 2.74 bits per heavy atom. The molecule has 2 heterocycles. The molecular formula is C14H21N7OS. The van der Waals surface area contributed by atoms with E-state index in [1.807, 2.05) is 37.7 Å². The van der Waals surface area contributed by atoms with E-state index in [1.54, 1.807) is 10.9 Å². The topological polar surface area (TPSA) is 88.8 Å². The summed E-state index contributed by atoms with van der Waals surface area (Å²) in [5.74, 6) is -0.164. The van der Waals surface area contributed by atoms with E-state index in [1.165, 1.54) is 0 Å². The van der Waals surface area contributed by atoms with Crippen LogP contribution in [-0.4, -0.2) is 30.6 Å². The van der Waals surface area contributed by atoms with Crippen molar-refractivity contribution in [3.05, 3.63) is 29.8 Å². The van der Waals surface area contributed by atoms with Gasteiger partial charge >= 0.3 is 0 Å². The number of nitrogens with zero attached hydrogens (tertiary/aromatic N) is 4. The molecule has 0 unspecified atom stereocenters. The van der Waals surface area contributed by atoms with Crippen molar-refractivity contribution in [2.75, 3.05) is 5.32 Å². The molecule has 1 amide bonds. The monoisotopic (exact) mass is 335 g/mol. The summed E-state index contributed by atoms with van der Waals surface area (Å²) in [6, 6.07) is 1.90. The highest BCUT2D eigenvalue weighted by Crippen LogP contribution is 2.12. The van der Waals surface area contributed by atoms with E-state index < -0.39 is 0 Å². The third kappa shape index (κ3) is 4.78. The number of carbonyl (C=O) groups excluding carboxylic acids is 1. The molecule has 0 spiro atoms. The molecule has 9 heteroatoms. The molecule has 3 N–H and O–H groups in total. The van der Waals surface area contributed by atoms with Crippen molar-refractivity contribution in [1.82, 2.24) is 30.4 Å². The van der Waals surface area contributed by atoms with Crippen LogP contribution in [-0.2, 0) is 17.9 Å². The molecule has 2 aromatic rings. The van der Waals surface area contributed by atoms with Gasteiger partial charge < -0.3 is 5.32 Å². The third-order valence-electron chi connectivity index (χ3n) is 3.31. The Balaban J connectivity index is 1.73. The first-order chi connectivity index (χ1) is 11.0. The number of aryl methyl sites for hydroxylation is 3. The summed E-state index contributed by atoms with van der Waals surface area (Å²) >= 11 is 5.15. The lowest BCUT2D eigenvalue weighted by molar-refractivity contribution is -0.121. The predicted molar refractivity (Wildman–Crippen MR) is 91.7 cm³/mol. The number of rotatable bonds is 5. The lowest BCUT2D eigenvalue weighted by atomic mass is 10.4. The number of nitrogens with one attached hydrogen (secondary N) is 3. The van der Waals surface area contributed by atoms with E-state index in [0.29, 0.717) is 18.1 Å². The van der Waals surface area contributed by atoms with E-state index in [4.69, 9.17) is 12.2 Å². The average molecular weight is 335 g/mol. The van der Waals surface area contributed by atoms with Crippen molar-refractivity contribution in [2.24, 2.45) is 0 Å². The molecule has 2 aromatic heterocycles. The van der Waals surface area contributed by atoms with Crippen molar-refractivity contribution >= 4 is 28.9 Å². The molecule has 0 aromatic carbocycles. The molecule has 0 radical (unpaired) electrons. The van der Waals surface area contributed by atoms with Gasteiger partial charge in [0.05, 0.1) is 23.3 Å². The largest absolute Gasteiger partial charge is 0.329 e. The molecule has 0 bridgehead atoms. The zero-order chi connectivity index (χ0) is 16.8. The molecule has 0 aliphatic rings. The van der Waals surface area contributed by atoms with Gasteiger partial charge in [0.15, 0.2) is 5.11 Å². The molecule has 23 heavy (non-hydrogen) atoms. The summed E-state index contributed by atoms with van der Waals surface area (Å²) in [5.41, 5.74) is 7.96. The maximum atomic E-state index is 11.8. The number of hydrogen-bond donors (Lipinski definition) is 3. The Morgan fingerprint density at radius 2 is 2.13 bits per heavy atom. The number of thiocarbonyl (C=S) groups is 1. The van der Waals surface area contributed by atoms with E-state index in [2.05, 4.69) is 26.4 Å². The van der Waals surface area contributed by atoms with Gasteiger partial charge in [-0.15, -0.1) is 0 Å². The summed E-state index contributed by atoms with van der Waals surface area (Å²) in [7, 11) is 0. The second-order valence-corrected chi connectivity index (χ2v) is 5.47. The van der Waals surface area contributed by atoms with Gasteiger partial charge in [-0.1, -0.05) is 0 Å². The Labute approximate surface area is 140 Å². The Hall–Kier alpha value is -2.42. The van der Waals surface area contributed by atoms with Gasteiger partial charge in [-0.05, 0) is 39.1 Å². The standard InChI is InChI=1S/C14H21N7OS/c1-4-21-11(3)12(9-15-21)16-14(23)18-17-13(22)6-8-20-7-5-10(2)19-20/h5,7,9H,4,6,8H2,1-3H3,(H,17,22)(H2,16,18,23). The van der Waals surface area contributed by atoms with Crippen molar-refractivity contribution in [2.45, 2.75) is 40.3 Å².